The molecule has 0 aliphatic heterocycles. The van der Waals surface area contributed by atoms with E-state index in [9.17, 15) is 0 Å². The first-order chi connectivity index (χ1) is 18.9. The van der Waals surface area contributed by atoms with E-state index in [-0.39, 0.29) is 0 Å². The molecule has 7 nitrogen and oxygen atoms in total. The number of hydrogen-bond donors (Lipinski definition) is 3. The van der Waals surface area contributed by atoms with Crippen molar-refractivity contribution in [2.45, 2.75) is 39.5 Å². The maximum atomic E-state index is 6.36. The molecule has 198 valence electrons. The maximum absolute atomic E-state index is 6.36. The minimum absolute atomic E-state index is 0.563. The molecule has 1 aliphatic carbocycles. The Morgan fingerprint density at radius 1 is 1.05 bits per heavy atom. The first kappa shape index (κ1) is 27.2. The van der Waals surface area contributed by atoms with Gasteiger partial charge < -0.3 is 20.9 Å². The van der Waals surface area contributed by atoms with Gasteiger partial charge in [-0.15, -0.1) is 12.8 Å². The van der Waals surface area contributed by atoms with Gasteiger partial charge in [-0.3, -0.25) is 4.98 Å². The Balaban J connectivity index is 0.00000172. The molecule has 5 rings (SSSR count). The predicted octanol–water partition coefficient (Wildman–Crippen LogP) is 6.67. The van der Waals surface area contributed by atoms with E-state index < -0.39 is 0 Å². The molecule has 0 unspecified atom stereocenters. The second-order valence-corrected chi connectivity index (χ2v) is 9.79. The molecule has 0 radical (unpaired) electrons. The van der Waals surface area contributed by atoms with E-state index >= 15 is 0 Å². The summed E-state index contributed by atoms with van der Waals surface area (Å²) < 4.78 is 2.00. The molecule has 3 aromatic heterocycles. The summed E-state index contributed by atoms with van der Waals surface area (Å²) in [5, 5.41) is 6.83. The zero-order valence-electron chi connectivity index (χ0n) is 22.6. The molecule has 7 heteroatoms. The highest BCUT2D eigenvalue weighted by molar-refractivity contribution is 5.71. The van der Waals surface area contributed by atoms with E-state index in [1.165, 1.54) is 19.3 Å². The lowest BCUT2D eigenvalue weighted by Crippen LogP contribution is -2.18. The molecule has 0 bridgehead atoms. The minimum Gasteiger partial charge on any atom is -0.398 e. The smallest absolute Gasteiger partial charge is 0.135 e. The van der Waals surface area contributed by atoms with Crippen LogP contribution in [0.25, 0.3) is 16.8 Å². The van der Waals surface area contributed by atoms with Crippen molar-refractivity contribution in [2.75, 3.05) is 16.4 Å². The van der Waals surface area contributed by atoms with Crippen molar-refractivity contribution >= 4 is 17.2 Å². The number of benzene rings is 1. The zero-order chi connectivity index (χ0) is 27.9. The van der Waals surface area contributed by atoms with Gasteiger partial charge in [-0.1, -0.05) is 25.6 Å². The Kier molecular flexibility index (Phi) is 8.47. The monoisotopic (exact) mass is 517 g/mol. The molecule has 1 aliphatic rings. The van der Waals surface area contributed by atoms with Crippen molar-refractivity contribution in [1.82, 2.24) is 19.5 Å². The van der Waals surface area contributed by atoms with E-state index in [4.69, 9.17) is 5.73 Å². The molecule has 1 saturated carbocycles. The fraction of sp³-hybridized carbons (Fsp3) is 0.219. The lowest BCUT2D eigenvalue weighted by molar-refractivity contribution is 0.371. The number of nitrogens with zero attached hydrogens (tertiary/aromatic N) is 4. The number of anilines is 3. The summed E-state index contributed by atoms with van der Waals surface area (Å²) in [6.45, 7) is 12.5. The fourth-order valence-corrected chi connectivity index (χ4v) is 4.57. The van der Waals surface area contributed by atoms with E-state index in [2.05, 4.69) is 63.7 Å². The van der Waals surface area contributed by atoms with Crippen LogP contribution >= 0.6 is 0 Å². The molecule has 3 heterocycles. The number of allylic oxidation sites excluding steroid dienone is 2. The van der Waals surface area contributed by atoms with E-state index in [0.29, 0.717) is 12.3 Å². The van der Waals surface area contributed by atoms with E-state index in [0.717, 1.165) is 62.2 Å². The van der Waals surface area contributed by atoms with Crippen molar-refractivity contribution in [2.24, 2.45) is 5.92 Å². The first-order valence-electron chi connectivity index (χ1n) is 12.9. The first-order valence-corrected chi connectivity index (χ1v) is 12.9. The fourth-order valence-electron chi connectivity index (χ4n) is 4.57. The lowest BCUT2D eigenvalue weighted by Gasteiger charge is -2.28. The molecular weight excluding hydrogens is 482 g/mol. The van der Waals surface area contributed by atoms with Crippen molar-refractivity contribution in [1.29, 1.82) is 0 Å². The Bertz CT molecular complexity index is 1510. The van der Waals surface area contributed by atoms with Crippen LogP contribution in [-0.2, 0) is 6.42 Å². The Morgan fingerprint density at radius 2 is 1.85 bits per heavy atom. The number of aromatic nitrogens is 4. The number of nitrogen functional groups attached to an aromatic ring is 1. The van der Waals surface area contributed by atoms with Gasteiger partial charge in [-0.05, 0) is 68.0 Å². The van der Waals surface area contributed by atoms with Crippen LogP contribution in [0.3, 0.4) is 0 Å². The van der Waals surface area contributed by atoms with Crippen LogP contribution in [0.5, 0.6) is 0 Å². The standard InChI is InChI=1S/C30H33N7.C2H2/c1-19(35-30-21(3)29(10-11-33-30)37-17-20(2)34-18-37)12-25-13-24(8-9-28(25)31)26-14-27(16-32-15-26)36-22(4)23-6-5-7-23;1-2/h8-11,13-18,23,36H,1,4-7,12,31H2,2-3H3,(H,33,35);1-2H. The van der Waals surface area contributed by atoms with Crippen molar-refractivity contribution in [3.63, 3.8) is 0 Å². The Morgan fingerprint density at radius 3 is 2.54 bits per heavy atom. The second kappa shape index (κ2) is 12.1. The summed E-state index contributed by atoms with van der Waals surface area (Å²) in [6.07, 6.45) is 21.6. The summed E-state index contributed by atoms with van der Waals surface area (Å²) >= 11 is 0. The van der Waals surface area contributed by atoms with Gasteiger partial charge in [0, 0.05) is 53.2 Å². The van der Waals surface area contributed by atoms with Crippen molar-refractivity contribution in [3.05, 3.63) is 103 Å². The van der Waals surface area contributed by atoms with Gasteiger partial charge in [0.25, 0.3) is 0 Å². The van der Waals surface area contributed by atoms with Crippen LogP contribution < -0.4 is 16.4 Å². The Hall–Kier alpha value is -4.83. The number of aryl methyl sites for hydroxylation is 1. The summed E-state index contributed by atoms with van der Waals surface area (Å²) in [7, 11) is 0. The molecule has 4 aromatic rings. The van der Waals surface area contributed by atoms with Gasteiger partial charge in [-0.25, -0.2) is 9.97 Å². The van der Waals surface area contributed by atoms with Gasteiger partial charge in [0.1, 0.15) is 5.82 Å². The number of hydrogen-bond acceptors (Lipinski definition) is 6. The van der Waals surface area contributed by atoms with Gasteiger partial charge in [-0.2, -0.15) is 0 Å². The molecule has 0 atom stereocenters. The number of pyridine rings is 2. The highest BCUT2D eigenvalue weighted by Gasteiger charge is 2.20. The highest BCUT2D eigenvalue weighted by atomic mass is 15.1. The predicted molar refractivity (Wildman–Crippen MR) is 161 cm³/mol. The van der Waals surface area contributed by atoms with Crippen LogP contribution in [0, 0.1) is 32.6 Å². The number of terminal acetylenes is 1. The summed E-state index contributed by atoms with van der Waals surface area (Å²) in [5.74, 6) is 1.33. The second-order valence-electron chi connectivity index (χ2n) is 9.79. The van der Waals surface area contributed by atoms with Gasteiger partial charge in [0.15, 0.2) is 0 Å². The molecule has 0 spiro atoms. The average Bonchev–Trinajstić information content (AvgIpc) is 3.33. The number of imidazole rings is 1. The molecule has 39 heavy (non-hydrogen) atoms. The quantitative estimate of drug-likeness (QED) is 0.170. The number of rotatable bonds is 9. The van der Waals surface area contributed by atoms with Gasteiger partial charge in [0.05, 0.1) is 29.6 Å². The third kappa shape index (κ3) is 6.36. The van der Waals surface area contributed by atoms with Crippen LogP contribution in [0.15, 0.2) is 86.0 Å². The summed E-state index contributed by atoms with van der Waals surface area (Å²) in [5.41, 5.74) is 16.0. The number of nitrogens with one attached hydrogen (secondary N) is 2. The zero-order valence-corrected chi connectivity index (χ0v) is 22.6. The summed E-state index contributed by atoms with van der Waals surface area (Å²) in [4.78, 5) is 13.3. The lowest BCUT2D eigenvalue weighted by atomic mass is 9.83. The molecule has 0 amide bonds. The molecule has 1 aromatic carbocycles. The van der Waals surface area contributed by atoms with Crippen LogP contribution in [0.4, 0.5) is 17.2 Å². The molecular formula is C32H35N7. The Labute approximate surface area is 230 Å². The van der Waals surface area contributed by atoms with Crippen LogP contribution in [0.1, 0.15) is 36.1 Å². The molecule has 4 N–H and O–H groups in total. The normalized spacial score (nSPS) is 12.5. The minimum atomic E-state index is 0.563. The highest BCUT2D eigenvalue weighted by Crippen LogP contribution is 2.33. The van der Waals surface area contributed by atoms with E-state index in [1.54, 1.807) is 6.20 Å². The van der Waals surface area contributed by atoms with E-state index in [1.807, 2.05) is 61.5 Å². The van der Waals surface area contributed by atoms with Crippen molar-refractivity contribution < 1.29 is 0 Å². The third-order valence-electron chi connectivity index (χ3n) is 6.98. The number of nitrogens with two attached hydrogens (primary N) is 1. The largest absolute Gasteiger partial charge is 0.398 e. The average molecular weight is 518 g/mol. The van der Waals surface area contributed by atoms with Crippen molar-refractivity contribution in [3.8, 4) is 29.7 Å². The molecule has 1 fully saturated rings. The molecule has 0 saturated heterocycles. The van der Waals surface area contributed by atoms with Crippen LogP contribution in [-0.4, -0.2) is 19.5 Å². The third-order valence-corrected chi connectivity index (χ3v) is 6.98. The van der Waals surface area contributed by atoms with Crippen LogP contribution in [0.2, 0.25) is 0 Å². The topological polar surface area (TPSA) is 93.7 Å². The SMILES string of the molecule is C#C.C=C(Cc1cc(-c2cncc(NC(=C)C3CCC3)c2)ccc1N)Nc1nccc(-n2cnc(C)c2)c1C. The maximum Gasteiger partial charge on any atom is 0.135 e. The van der Waals surface area contributed by atoms with Gasteiger partial charge in [0.2, 0.25) is 0 Å². The van der Waals surface area contributed by atoms with Gasteiger partial charge >= 0.3 is 0 Å². The summed E-state index contributed by atoms with van der Waals surface area (Å²) in [6, 6.07) is 10.2.